The molecule has 16 heavy (non-hydrogen) atoms. The third-order valence-electron chi connectivity index (χ3n) is 2.09. The molecule has 0 aromatic heterocycles. The first-order chi connectivity index (χ1) is 6.74. The topological polar surface area (TPSA) is 70.5 Å². The zero-order valence-electron chi connectivity index (χ0n) is 9.30. The minimum Gasteiger partial charge on any atom is -0.496 e. The largest absolute Gasteiger partial charge is 0.496 e. The number of rotatable bonds is 4. The maximum atomic E-state index is 5.86. The Hall–Kier alpha value is -0.680. The third kappa shape index (κ3) is 3.72. The van der Waals surface area contributed by atoms with Crippen LogP contribution in [0.5, 0.6) is 11.5 Å². The molecule has 0 aliphatic rings. The summed E-state index contributed by atoms with van der Waals surface area (Å²) in [5.74, 6) is 1.42. The number of ether oxygens (including phenoxy) is 2. The van der Waals surface area contributed by atoms with Crippen LogP contribution in [0.15, 0.2) is 18.2 Å². The predicted molar refractivity (Wildman–Crippen MR) is 70.0 cm³/mol. The first-order valence-corrected chi connectivity index (χ1v) is 4.41. The average molecular weight is 269 g/mol. The van der Waals surface area contributed by atoms with Gasteiger partial charge >= 0.3 is 0 Å². The highest BCUT2D eigenvalue weighted by molar-refractivity contribution is 5.85. The van der Waals surface area contributed by atoms with Crippen LogP contribution in [0.4, 0.5) is 0 Å². The standard InChI is InChI=1S/C10H16N2O2.2ClH/c1-13-8-4-3-5-9(14-2)10(8)7(12)6-11;;/h3-5,7H,6,11-12H2,1-2H3;2*1H. The molecule has 0 bridgehead atoms. The van der Waals surface area contributed by atoms with Gasteiger partial charge in [-0.3, -0.25) is 0 Å². The predicted octanol–water partition coefficient (Wildman–Crippen LogP) is 1.51. The van der Waals surface area contributed by atoms with Gasteiger partial charge in [0.1, 0.15) is 11.5 Å². The van der Waals surface area contributed by atoms with Crippen LogP contribution in [-0.2, 0) is 0 Å². The second kappa shape index (κ2) is 8.47. The van der Waals surface area contributed by atoms with E-state index in [1.54, 1.807) is 14.2 Å². The molecule has 0 amide bonds. The Labute approximate surface area is 108 Å². The average Bonchev–Trinajstić information content (AvgIpc) is 2.26. The molecule has 1 unspecified atom stereocenters. The van der Waals surface area contributed by atoms with Crippen molar-refractivity contribution >= 4 is 24.8 Å². The Morgan fingerprint density at radius 1 is 1.12 bits per heavy atom. The van der Waals surface area contributed by atoms with Crippen LogP contribution in [0.1, 0.15) is 11.6 Å². The monoisotopic (exact) mass is 268 g/mol. The maximum Gasteiger partial charge on any atom is 0.127 e. The molecule has 0 spiro atoms. The molecule has 0 aliphatic carbocycles. The second-order valence-electron chi connectivity index (χ2n) is 2.92. The molecule has 0 aliphatic heterocycles. The van der Waals surface area contributed by atoms with Gasteiger partial charge in [0.15, 0.2) is 0 Å². The van der Waals surface area contributed by atoms with Crippen molar-refractivity contribution in [3.05, 3.63) is 23.8 Å². The van der Waals surface area contributed by atoms with Gasteiger partial charge in [0.2, 0.25) is 0 Å². The van der Waals surface area contributed by atoms with E-state index in [-0.39, 0.29) is 30.9 Å². The van der Waals surface area contributed by atoms with Gasteiger partial charge in [-0.2, -0.15) is 0 Å². The lowest BCUT2D eigenvalue weighted by atomic mass is 10.1. The van der Waals surface area contributed by atoms with Crippen molar-refractivity contribution in [3.63, 3.8) is 0 Å². The van der Waals surface area contributed by atoms with E-state index >= 15 is 0 Å². The first kappa shape index (κ1) is 17.7. The lowest BCUT2D eigenvalue weighted by Crippen LogP contribution is -2.22. The summed E-state index contributed by atoms with van der Waals surface area (Å²) in [5, 5.41) is 0. The lowest BCUT2D eigenvalue weighted by Gasteiger charge is -2.17. The molecule has 1 atom stereocenters. The molecule has 94 valence electrons. The summed E-state index contributed by atoms with van der Waals surface area (Å²) in [6, 6.07) is 5.27. The van der Waals surface area contributed by atoms with Crippen molar-refractivity contribution in [2.24, 2.45) is 11.5 Å². The van der Waals surface area contributed by atoms with Gasteiger partial charge in [-0.05, 0) is 12.1 Å². The summed E-state index contributed by atoms with van der Waals surface area (Å²) >= 11 is 0. The van der Waals surface area contributed by atoms with Crippen LogP contribution < -0.4 is 20.9 Å². The fraction of sp³-hybridized carbons (Fsp3) is 0.400. The Morgan fingerprint density at radius 3 is 1.88 bits per heavy atom. The van der Waals surface area contributed by atoms with Crippen molar-refractivity contribution in [3.8, 4) is 11.5 Å². The highest BCUT2D eigenvalue weighted by Crippen LogP contribution is 2.32. The molecule has 0 saturated carbocycles. The van der Waals surface area contributed by atoms with Crippen molar-refractivity contribution in [2.45, 2.75) is 6.04 Å². The highest BCUT2D eigenvalue weighted by atomic mass is 35.5. The Balaban J connectivity index is 0. The summed E-state index contributed by atoms with van der Waals surface area (Å²) in [7, 11) is 3.20. The first-order valence-electron chi connectivity index (χ1n) is 4.41. The Kier molecular flexibility index (Phi) is 9.37. The van der Waals surface area contributed by atoms with Crippen LogP contribution in [0.3, 0.4) is 0 Å². The molecule has 6 heteroatoms. The lowest BCUT2D eigenvalue weighted by molar-refractivity contribution is 0.379. The van der Waals surface area contributed by atoms with Crippen LogP contribution in [0.2, 0.25) is 0 Å². The molecule has 1 aromatic carbocycles. The van der Waals surface area contributed by atoms with E-state index in [1.165, 1.54) is 0 Å². The van der Waals surface area contributed by atoms with Gasteiger partial charge in [-0.15, -0.1) is 24.8 Å². The van der Waals surface area contributed by atoms with Crippen LogP contribution in [-0.4, -0.2) is 20.8 Å². The summed E-state index contributed by atoms with van der Waals surface area (Å²) in [4.78, 5) is 0. The number of methoxy groups -OCH3 is 2. The maximum absolute atomic E-state index is 5.86. The molecule has 4 N–H and O–H groups in total. The van der Waals surface area contributed by atoms with Gasteiger partial charge in [0, 0.05) is 12.6 Å². The van der Waals surface area contributed by atoms with Crippen LogP contribution in [0.25, 0.3) is 0 Å². The molecule has 0 fully saturated rings. The van der Waals surface area contributed by atoms with Gasteiger partial charge in [0.05, 0.1) is 19.8 Å². The molecule has 1 aromatic rings. The fourth-order valence-electron chi connectivity index (χ4n) is 1.36. The third-order valence-corrected chi connectivity index (χ3v) is 2.09. The Morgan fingerprint density at radius 2 is 1.56 bits per heavy atom. The summed E-state index contributed by atoms with van der Waals surface area (Å²) in [6.07, 6.45) is 0. The summed E-state index contributed by atoms with van der Waals surface area (Å²) in [5.41, 5.74) is 12.2. The molecule has 0 heterocycles. The summed E-state index contributed by atoms with van der Waals surface area (Å²) < 4.78 is 10.4. The van der Waals surface area contributed by atoms with Crippen molar-refractivity contribution < 1.29 is 9.47 Å². The number of hydrogen-bond acceptors (Lipinski definition) is 4. The van der Waals surface area contributed by atoms with Crippen molar-refractivity contribution in [2.75, 3.05) is 20.8 Å². The summed E-state index contributed by atoms with van der Waals surface area (Å²) in [6.45, 7) is 0.358. The van der Waals surface area contributed by atoms with Gasteiger partial charge < -0.3 is 20.9 Å². The molecule has 0 radical (unpaired) electrons. The van der Waals surface area contributed by atoms with E-state index in [4.69, 9.17) is 20.9 Å². The van der Waals surface area contributed by atoms with E-state index in [0.717, 1.165) is 5.56 Å². The van der Waals surface area contributed by atoms with Gasteiger partial charge in [-0.25, -0.2) is 0 Å². The van der Waals surface area contributed by atoms with Gasteiger partial charge in [-0.1, -0.05) is 6.07 Å². The molecular formula is C10H18Cl2N2O2. The molecular weight excluding hydrogens is 251 g/mol. The van der Waals surface area contributed by atoms with Crippen molar-refractivity contribution in [1.29, 1.82) is 0 Å². The van der Waals surface area contributed by atoms with E-state index in [1.807, 2.05) is 18.2 Å². The number of halogens is 2. The van der Waals surface area contributed by atoms with Gasteiger partial charge in [0.25, 0.3) is 0 Å². The van der Waals surface area contributed by atoms with E-state index in [9.17, 15) is 0 Å². The highest BCUT2D eigenvalue weighted by Gasteiger charge is 2.15. The minimum absolute atomic E-state index is 0. The Bertz CT molecular complexity index is 289. The van der Waals surface area contributed by atoms with Crippen molar-refractivity contribution in [1.82, 2.24) is 0 Å². The number of nitrogens with two attached hydrogens (primary N) is 2. The normalized spacial score (nSPS) is 10.8. The van der Waals surface area contributed by atoms with Crippen LogP contribution >= 0.6 is 24.8 Å². The van der Waals surface area contributed by atoms with E-state index in [2.05, 4.69) is 0 Å². The number of benzene rings is 1. The smallest absolute Gasteiger partial charge is 0.127 e. The second-order valence-corrected chi connectivity index (χ2v) is 2.92. The van der Waals surface area contributed by atoms with E-state index in [0.29, 0.717) is 18.0 Å². The number of hydrogen-bond donors (Lipinski definition) is 2. The zero-order chi connectivity index (χ0) is 10.6. The molecule has 4 nitrogen and oxygen atoms in total. The fourth-order valence-corrected chi connectivity index (χ4v) is 1.36. The minimum atomic E-state index is -0.263. The van der Waals surface area contributed by atoms with E-state index < -0.39 is 0 Å². The SMILES string of the molecule is COc1cccc(OC)c1C(N)CN.Cl.Cl. The molecule has 0 saturated heterocycles. The molecule has 1 rings (SSSR count). The quantitative estimate of drug-likeness (QED) is 0.869. The zero-order valence-corrected chi connectivity index (χ0v) is 10.9. The van der Waals surface area contributed by atoms with Crippen LogP contribution in [0, 0.1) is 0 Å².